The van der Waals surface area contributed by atoms with Crippen molar-refractivity contribution >= 4 is 23.5 Å². The second-order valence-corrected chi connectivity index (χ2v) is 6.54. The number of likely N-dealkylation sites (tertiary alicyclic amines) is 1. The van der Waals surface area contributed by atoms with Crippen LogP contribution in [-0.2, 0) is 14.3 Å². The van der Waals surface area contributed by atoms with Crippen molar-refractivity contribution in [1.82, 2.24) is 10.2 Å². The number of amides is 1. The molecular weight excluding hydrogens is 348 g/mol. The van der Waals surface area contributed by atoms with Gasteiger partial charge in [0, 0.05) is 38.8 Å². The number of hydrogen-bond donors (Lipinski definition) is 2. The van der Waals surface area contributed by atoms with Gasteiger partial charge in [-0.1, -0.05) is 13.0 Å². The smallest absolute Gasteiger partial charge is 0.310 e. The van der Waals surface area contributed by atoms with Gasteiger partial charge in [-0.3, -0.25) is 14.6 Å². The number of methoxy groups -OCH3 is 1. The lowest BCUT2D eigenvalue weighted by atomic mass is 9.99. The van der Waals surface area contributed by atoms with E-state index in [2.05, 4.69) is 20.5 Å². The highest BCUT2D eigenvalue weighted by atomic mass is 16.5. The zero-order valence-electron chi connectivity index (χ0n) is 16.3. The molecule has 0 radical (unpaired) electrons. The fourth-order valence-electron chi connectivity index (χ4n) is 3.13. The van der Waals surface area contributed by atoms with Crippen molar-refractivity contribution in [3.63, 3.8) is 0 Å². The topological polar surface area (TPSA) is 92.3 Å². The van der Waals surface area contributed by atoms with Crippen LogP contribution in [0.3, 0.4) is 0 Å². The normalized spacial score (nSPS) is 19.6. The van der Waals surface area contributed by atoms with Gasteiger partial charge in [0.25, 0.3) is 0 Å². The Balaban J connectivity index is 1.80. The standard InChI is InChI=1S/C19H28N4O4/c1-13-11-23(12-17(13)18(25)26-4)19(20-3)21-8-9-27-16-7-5-6-15(10-16)22-14(2)24/h5-7,10,13,17H,8-9,11-12H2,1-4H3,(H,20,21)(H,22,24). The van der Waals surface area contributed by atoms with Gasteiger partial charge in [0.05, 0.1) is 19.6 Å². The van der Waals surface area contributed by atoms with Crippen LogP contribution in [0, 0.1) is 11.8 Å². The molecule has 2 unspecified atom stereocenters. The molecule has 0 bridgehead atoms. The SMILES string of the molecule is CN=C(NCCOc1cccc(NC(C)=O)c1)N1CC(C)C(C(=O)OC)C1. The highest BCUT2D eigenvalue weighted by molar-refractivity contribution is 5.88. The van der Waals surface area contributed by atoms with Crippen molar-refractivity contribution in [1.29, 1.82) is 0 Å². The average Bonchev–Trinajstić information content (AvgIpc) is 3.02. The maximum absolute atomic E-state index is 11.8. The quantitative estimate of drug-likeness (QED) is 0.337. The predicted octanol–water partition coefficient (Wildman–Crippen LogP) is 1.34. The van der Waals surface area contributed by atoms with E-state index in [9.17, 15) is 9.59 Å². The van der Waals surface area contributed by atoms with Crippen molar-refractivity contribution in [2.24, 2.45) is 16.8 Å². The van der Waals surface area contributed by atoms with E-state index in [1.807, 2.05) is 19.1 Å². The number of carbonyl (C=O) groups is 2. The summed E-state index contributed by atoms with van der Waals surface area (Å²) in [5.41, 5.74) is 0.698. The van der Waals surface area contributed by atoms with Crippen LogP contribution in [0.5, 0.6) is 5.75 Å². The van der Waals surface area contributed by atoms with Gasteiger partial charge in [-0.2, -0.15) is 0 Å². The second-order valence-electron chi connectivity index (χ2n) is 6.54. The Bertz CT molecular complexity index is 692. The molecule has 0 aromatic heterocycles. The Morgan fingerprint density at radius 3 is 2.78 bits per heavy atom. The van der Waals surface area contributed by atoms with E-state index in [1.165, 1.54) is 14.0 Å². The average molecular weight is 376 g/mol. The molecule has 0 saturated carbocycles. The zero-order valence-corrected chi connectivity index (χ0v) is 16.3. The predicted molar refractivity (Wildman–Crippen MR) is 104 cm³/mol. The fourth-order valence-corrected chi connectivity index (χ4v) is 3.13. The number of esters is 1. The number of guanidine groups is 1. The summed E-state index contributed by atoms with van der Waals surface area (Å²) in [6.07, 6.45) is 0. The van der Waals surface area contributed by atoms with Crippen LogP contribution < -0.4 is 15.4 Å². The summed E-state index contributed by atoms with van der Waals surface area (Å²) >= 11 is 0. The first-order valence-corrected chi connectivity index (χ1v) is 8.98. The maximum Gasteiger partial charge on any atom is 0.310 e. The van der Waals surface area contributed by atoms with E-state index in [1.54, 1.807) is 19.2 Å². The first-order valence-electron chi connectivity index (χ1n) is 8.98. The number of benzene rings is 1. The van der Waals surface area contributed by atoms with Crippen LogP contribution in [0.25, 0.3) is 0 Å². The highest BCUT2D eigenvalue weighted by Crippen LogP contribution is 2.24. The molecule has 1 aliphatic heterocycles. The number of nitrogens with zero attached hydrogens (tertiary/aromatic N) is 2. The molecule has 27 heavy (non-hydrogen) atoms. The molecule has 1 fully saturated rings. The number of ether oxygens (including phenoxy) is 2. The Morgan fingerprint density at radius 1 is 1.33 bits per heavy atom. The summed E-state index contributed by atoms with van der Waals surface area (Å²) in [4.78, 5) is 29.3. The van der Waals surface area contributed by atoms with Crippen molar-refractivity contribution in [3.05, 3.63) is 24.3 Å². The van der Waals surface area contributed by atoms with Crippen molar-refractivity contribution in [3.8, 4) is 5.75 Å². The van der Waals surface area contributed by atoms with Gasteiger partial charge in [-0.05, 0) is 18.1 Å². The molecule has 148 valence electrons. The summed E-state index contributed by atoms with van der Waals surface area (Å²) < 4.78 is 10.6. The third-order valence-corrected chi connectivity index (χ3v) is 4.44. The minimum absolute atomic E-state index is 0.122. The Kier molecular flexibility index (Phi) is 7.45. The monoisotopic (exact) mass is 376 g/mol. The van der Waals surface area contributed by atoms with E-state index >= 15 is 0 Å². The lowest BCUT2D eigenvalue weighted by molar-refractivity contribution is -0.146. The Hall–Kier alpha value is -2.77. The summed E-state index contributed by atoms with van der Waals surface area (Å²) in [7, 11) is 3.14. The fraction of sp³-hybridized carbons (Fsp3) is 0.526. The van der Waals surface area contributed by atoms with Crippen molar-refractivity contribution in [2.75, 3.05) is 45.7 Å². The Labute approximate surface area is 159 Å². The molecule has 2 atom stereocenters. The van der Waals surface area contributed by atoms with Gasteiger partial charge >= 0.3 is 5.97 Å². The van der Waals surface area contributed by atoms with E-state index in [4.69, 9.17) is 9.47 Å². The van der Waals surface area contributed by atoms with E-state index < -0.39 is 0 Å². The molecule has 1 heterocycles. The lowest BCUT2D eigenvalue weighted by Gasteiger charge is -2.21. The molecule has 1 aromatic rings. The number of anilines is 1. The molecule has 1 saturated heterocycles. The molecule has 1 aromatic carbocycles. The number of carbonyl (C=O) groups excluding carboxylic acids is 2. The first-order chi connectivity index (χ1) is 12.9. The van der Waals surface area contributed by atoms with Crippen LogP contribution in [0.4, 0.5) is 5.69 Å². The summed E-state index contributed by atoms with van der Waals surface area (Å²) in [5.74, 6) is 1.19. The molecule has 2 rings (SSSR count). The van der Waals surface area contributed by atoms with Crippen molar-refractivity contribution < 1.29 is 19.1 Å². The van der Waals surface area contributed by atoms with Gasteiger partial charge < -0.3 is 25.0 Å². The number of aliphatic imine (C=N–C) groups is 1. The summed E-state index contributed by atoms with van der Waals surface area (Å²) in [5, 5.41) is 5.98. The van der Waals surface area contributed by atoms with Crippen LogP contribution in [0.1, 0.15) is 13.8 Å². The molecule has 2 N–H and O–H groups in total. The molecule has 1 amide bonds. The third kappa shape index (κ3) is 5.87. The summed E-state index contributed by atoms with van der Waals surface area (Å²) in [6.45, 7) is 5.84. The molecule has 0 spiro atoms. The number of rotatable bonds is 6. The van der Waals surface area contributed by atoms with Crippen LogP contribution in [0.15, 0.2) is 29.3 Å². The lowest BCUT2D eigenvalue weighted by Crippen LogP contribution is -2.42. The molecule has 1 aliphatic rings. The van der Waals surface area contributed by atoms with E-state index in [-0.39, 0.29) is 23.7 Å². The zero-order chi connectivity index (χ0) is 19.8. The minimum Gasteiger partial charge on any atom is -0.492 e. The van der Waals surface area contributed by atoms with Crippen molar-refractivity contribution in [2.45, 2.75) is 13.8 Å². The van der Waals surface area contributed by atoms with Gasteiger partial charge in [0.15, 0.2) is 5.96 Å². The van der Waals surface area contributed by atoms with E-state index in [0.29, 0.717) is 31.1 Å². The third-order valence-electron chi connectivity index (χ3n) is 4.44. The molecule has 8 nitrogen and oxygen atoms in total. The highest BCUT2D eigenvalue weighted by Gasteiger charge is 2.36. The minimum atomic E-state index is -0.178. The summed E-state index contributed by atoms with van der Waals surface area (Å²) in [6, 6.07) is 7.24. The van der Waals surface area contributed by atoms with Gasteiger partial charge in [0.2, 0.25) is 5.91 Å². The Morgan fingerprint density at radius 2 is 2.11 bits per heavy atom. The second kappa shape index (κ2) is 9.80. The number of nitrogens with one attached hydrogen (secondary N) is 2. The van der Waals surface area contributed by atoms with Gasteiger partial charge in [-0.25, -0.2) is 0 Å². The van der Waals surface area contributed by atoms with Crippen LogP contribution in [0.2, 0.25) is 0 Å². The molecule has 0 aliphatic carbocycles. The molecular formula is C19H28N4O4. The van der Waals surface area contributed by atoms with E-state index in [0.717, 1.165) is 12.5 Å². The van der Waals surface area contributed by atoms with Gasteiger partial charge in [0.1, 0.15) is 12.4 Å². The van der Waals surface area contributed by atoms with Crippen LogP contribution in [-0.4, -0.2) is 63.1 Å². The van der Waals surface area contributed by atoms with Gasteiger partial charge in [-0.15, -0.1) is 0 Å². The largest absolute Gasteiger partial charge is 0.492 e. The number of hydrogen-bond acceptors (Lipinski definition) is 5. The first kappa shape index (κ1) is 20.5. The maximum atomic E-state index is 11.8. The molecule has 8 heteroatoms. The van der Waals surface area contributed by atoms with Crippen LogP contribution >= 0.6 is 0 Å².